The summed E-state index contributed by atoms with van der Waals surface area (Å²) < 4.78 is 26.8. The zero-order valence-electron chi connectivity index (χ0n) is 18.3. The summed E-state index contributed by atoms with van der Waals surface area (Å²) >= 11 is 1.48. The van der Waals surface area contributed by atoms with Gasteiger partial charge in [-0.15, -0.1) is 0 Å². The molecule has 0 N–H and O–H groups in total. The number of nitrogens with zero attached hydrogens (tertiary/aromatic N) is 5. The Labute approximate surface area is 196 Å². The molecule has 33 heavy (non-hydrogen) atoms. The molecule has 0 radical (unpaired) electrons. The van der Waals surface area contributed by atoms with Crippen molar-refractivity contribution in [2.24, 2.45) is 0 Å². The molecule has 4 aromatic rings. The van der Waals surface area contributed by atoms with Crippen molar-refractivity contribution in [1.29, 1.82) is 0 Å². The molecule has 10 heteroatoms. The number of aromatic nitrogens is 3. The summed E-state index contributed by atoms with van der Waals surface area (Å²) in [6.07, 6.45) is 2.84. The van der Waals surface area contributed by atoms with E-state index in [1.54, 1.807) is 23.0 Å². The Morgan fingerprint density at radius 1 is 1.00 bits per heavy atom. The van der Waals surface area contributed by atoms with Crippen LogP contribution in [0.1, 0.15) is 16.1 Å². The molecule has 1 fully saturated rings. The van der Waals surface area contributed by atoms with Crippen LogP contribution in [0.25, 0.3) is 15.9 Å². The number of anilines is 1. The number of rotatable bonds is 4. The number of benzene rings is 2. The monoisotopic (exact) mass is 481 g/mol. The molecule has 0 spiro atoms. The van der Waals surface area contributed by atoms with E-state index in [1.165, 1.54) is 17.6 Å². The summed E-state index contributed by atoms with van der Waals surface area (Å²) in [5, 5.41) is 5.20. The van der Waals surface area contributed by atoms with Crippen LogP contribution in [0.15, 0.2) is 59.6 Å². The molecule has 0 unspecified atom stereocenters. The van der Waals surface area contributed by atoms with Crippen LogP contribution in [0.2, 0.25) is 0 Å². The molecule has 0 aliphatic carbocycles. The highest BCUT2D eigenvalue weighted by molar-refractivity contribution is 7.91. The third-order valence-electron chi connectivity index (χ3n) is 5.85. The van der Waals surface area contributed by atoms with Crippen LogP contribution >= 0.6 is 11.3 Å². The average Bonchev–Trinajstić information content (AvgIpc) is 3.42. The Morgan fingerprint density at radius 2 is 1.73 bits per heavy atom. The van der Waals surface area contributed by atoms with Gasteiger partial charge in [-0.3, -0.25) is 4.79 Å². The quantitative estimate of drug-likeness (QED) is 0.445. The number of amides is 1. The van der Waals surface area contributed by atoms with Crippen LogP contribution in [0.3, 0.4) is 0 Å². The maximum absolute atomic E-state index is 13.2. The summed E-state index contributed by atoms with van der Waals surface area (Å²) in [5.41, 5.74) is 2.85. The van der Waals surface area contributed by atoms with Crippen molar-refractivity contribution in [2.75, 3.05) is 37.3 Å². The van der Waals surface area contributed by atoms with Crippen LogP contribution in [0, 0.1) is 6.92 Å². The summed E-state index contributed by atoms with van der Waals surface area (Å²) in [6, 6.07) is 15.0. The predicted octanol–water partition coefficient (Wildman–Crippen LogP) is 3.16. The first-order valence-corrected chi connectivity index (χ1v) is 13.3. The van der Waals surface area contributed by atoms with Crippen LogP contribution < -0.4 is 4.90 Å². The van der Waals surface area contributed by atoms with E-state index in [9.17, 15) is 13.2 Å². The largest absolute Gasteiger partial charge is 0.345 e. The highest BCUT2D eigenvalue weighted by Gasteiger charge is 2.27. The molecule has 0 saturated carbocycles. The first-order chi connectivity index (χ1) is 15.8. The van der Waals surface area contributed by atoms with Gasteiger partial charge in [0, 0.05) is 32.4 Å². The van der Waals surface area contributed by atoms with Crippen molar-refractivity contribution in [1.82, 2.24) is 19.7 Å². The molecule has 5 rings (SSSR count). The van der Waals surface area contributed by atoms with Crippen LogP contribution in [0.5, 0.6) is 0 Å². The summed E-state index contributed by atoms with van der Waals surface area (Å²) in [5.74, 6) is -0.0296. The van der Waals surface area contributed by atoms with Gasteiger partial charge >= 0.3 is 0 Å². The Hall–Kier alpha value is -3.24. The Balaban J connectivity index is 1.32. The van der Waals surface area contributed by atoms with Crippen molar-refractivity contribution in [3.05, 3.63) is 66.0 Å². The third kappa shape index (κ3) is 4.00. The van der Waals surface area contributed by atoms with Gasteiger partial charge < -0.3 is 9.80 Å². The number of piperazine rings is 1. The standard InChI is InChI=1S/C23H23N5O3S2/c1-16-18(15-24-28(16)17-7-4-3-5-8-17)22(29)26-11-13-27(14-12-26)23-25-21-19(32-23)9-6-10-20(21)33(2,30)31/h3-10,15H,11-14H2,1-2H3. The molecule has 170 valence electrons. The summed E-state index contributed by atoms with van der Waals surface area (Å²) in [6.45, 7) is 4.29. The van der Waals surface area contributed by atoms with Gasteiger partial charge in [-0.2, -0.15) is 5.10 Å². The molecule has 1 aliphatic heterocycles. The summed E-state index contributed by atoms with van der Waals surface area (Å²) in [7, 11) is -3.35. The smallest absolute Gasteiger partial charge is 0.257 e. The van der Waals surface area contributed by atoms with E-state index < -0.39 is 9.84 Å². The fourth-order valence-corrected chi connectivity index (χ4v) is 6.01. The van der Waals surface area contributed by atoms with Gasteiger partial charge in [0.1, 0.15) is 5.52 Å². The van der Waals surface area contributed by atoms with Crippen molar-refractivity contribution in [2.45, 2.75) is 11.8 Å². The number of para-hydroxylation sites is 2. The van der Waals surface area contributed by atoms with Crippen molar-refractivity contribution in [3.8, 4) is 5.69 Å². The molecule has 8 nitrogen and oxygen atoms in total. The van der Waals surface area contributed by atoms with Gasteiger partial charge in [-0.1, -0.05) is 35.6 Å². The average molecular weight is 482 g/mol. The molecule has 1 aliphatic rings. The lowest BCUT2D eigenvalue weighted by atomic mass is 10.2. The first kappa shape index (κ1) is 21.6. The number of thiazole rings is 1. The zero-order valence-corrected chi connectivity index (χ0v) is 19.9. The minimum Gasteiger partial charge on any atom is -0.345 e. The fraction of sp³-hybridized carbons (Fsp3) is 0.261. The first-order valence-electron chi connectivity index (χ1n) is 10.6. The highest BCUT2D eigenvalue weighted by Crippen LogP contribution is 2.33. The lowest BCUT2D eigenvalue weighted by Gasteiger charge is -2.34. The second kappa shape index (κ2) is 8.27. The van der Waals surface area contributed by atoms with Crippen molar-refractivity contribution in [3.63, 3.8) is 0 Å². The number of carbonyl (C=O) groups excluding carboxylic acids is 1. The Morgan fingerprint density at radius 3 is 2.42 bits per heavy atom. The van der Waals surface area contributed by atoms with Gasteiger partial charge in [0.25, 0.3) is 5.91 Å². The molecule has 1 saturated heterocycles. The van der Waals surface area contributed by atoms with Gasteiger partial charge in [0.2, 0.25) is 0 Å². The number of fused-ring (bicyclic) bond motifs is 1. The lowest BCUT2D eigenvalue weighted by molar-refractivity contribution is 0.0746. The Bertz CT molecular complexity index is 1440. The topological polar surface area (TPSA) is 88.4 Å². The minimum absolute atomic E-state index is 0.0296. The molecular weight excluding hydrogens is 458 g/mol. The summed E-state index contributed by atoms with van der Waals surface area (Å²) in [4.78, 5) is 22.0. The van der Waals surface area contributed by atoms with Gasteiger partial charge in [0.15, 0.2) is 15.0 Å². The Kier molecular flexibility index (Phi) is 5.41. The SMILES string of the molecule is Cc1c(C(=O)N2CCN(c3nc4c(S(C)(=O)=O)cccc4s3)CC2)cnn1-c1ccccc1. The number of sulfone groups is 1. The third-order valence-corrected chi connectivity index (χ3v) is 8.06. The van der Waals surface area contributed by atoms with E-state index in [0.717, 1.165) is 21.2 Å². The zero-order chi connectivity index (χ0) is 23.2. The molecule has 1 amide bonds. The molecule has 2 aromatic carbocycles. The molecule has 0 bridgehead atoms. The van der Waals surface area contributed by atoms with E-state index >= 15 is 0 Å². The number of hydrogen-bond acceptors (Lipinski definition) is 7. The van der Waals surface area contributed by atoms with Gasteiger partial charge in [-0.25, -0.2) is 18.1 Å². The van der Waals surface area contributed by atoms with Gasteiger partial charge in [-0.05, 0) is 31.2 Å². The van der Waals surface area contributed by atoms with E-state index in [-0.39, 0.29) is 10.8 Å². The maximum Gasteiger partial charge on any atom is 0.257 e. The van der Waals surface area contributed by atoms with E-state index in [4.69, 9.17) is 0 Å². The van der Waals surface area contributed by atoms with E-state index in [1.807, 2.05) is 48.2 Å². The molecular formula is C23H23N5O3S2. The van der Waals surface area contributed by atoms with E-state index in [0.29, 0.717) is 37.3 Å². The second-order valence-corrected chi connectivity index (χ2v) is 11.0. The second-order valence-electron chi connectivity index (χ2n) is 8.04. The number of hydrogen-bond donors (Lipinski definition) is 0. The molecule has 3 heterocycles. The van der Waals surface area contributed by atoms with Crippen molar-refractivity contribution >= 4 is 42.4 Å². The van der Waals surface area contributed by atoms with Crippen molar-refractivity contribution < 1.29 is 13.2 Å². The lowest BCUT2D eigenvalue weighted by Crippen LogP contribution is -2.48. The maximum atomic E-state index is 13.2. The highest BCUT2D eigenvalue weighted by atomic mass is 32.2. The molecule has 0 atom stereocenters. The molecule has 2 aromatic heterocycles. The van der Waals surface area contributed by atoms with Crippen LogP contribution in [0.4, 0.5) is 5.13 Å². The van der Waals surface area contributed by atoms with Crippen LogP contribution in [-0.2, 0) is 9.84 Å². The fourth-order valence-electron chi connectivity index (χ4n) is 4.07. The van der Waals surface area contributed by atoms with E-state index in [2.05, 4.69) is 15.0 Å². The van der Waals surface area contributed by atoms with Crippen LogP contribution in [-0.4, -0.2) is 66.4 Å². The minimum atomic E-state index is -3.35. The number of carbonyl (C=O) groups is 1. The normalized spacial score (nSPS) is 14.7. The predicted molar refractivity (Wildman–Crippen MR) is 129 cm³/mol. The van der Waals surface area contributed by atoms with Gasteiger partial charge in [0.05, 0.1) is 32.7 Å².